The quantitative estimate of drug-likeness (QED) is 0.736. The second-order valence-corrected chi connectivity index (χ2v) is 6.70. The van der Waals surface area contributed by atoms with Gasteiger partial charge in [0.05, 0.1) is 11.1 Å². The number of hydrogen-bond acceptors (Lipinski definition) is 4. The first-order valence-corrected chi connectivity index (χ1v) is 8.64. The molecule has 3 rings (SSSR count). The van der Waals surface area contributed by atoms with Gasteiger partial charge in [0.2, 0.25) is 0 Å². The summed E-state index contributed by atoms with van der Waals surface area (Å²) in [6, 6.07) is 8.46. The van der Waals surface area contributed by atoms with Gasteiger partial charge in [0, 0.05) is 6.07 Å². The van der Waals surface area contributed by atoms with E-state index in [1.807, 2.05) is 0 Å². The van der Waals surface area contributed by atoms with E-state index in [9.17, 15) is 28.2 Å². The van der Waals surface area contributed by atoms with E-state index in [0.29, 0.717) is 25.7 Å². The molecule has 27 heavy (non-hydrogen) atoms. The number of ether oxygens (including phenoxy) is 1. The average Bonchev–Trinajstić information content (AvgIpc) is 2.62. The zero-order chi connectivity index (χ0) is 19.6. The summed E-state index contributed by atoms with van der Waals surface area (Å²) in [5, 5.41) is 19.3. The van der Waals surface area contributed by atoms with Gasteiger partial charge in [-0.1, -0.05) is 6.07 Å². The summed E-state index contributed by atoms with van der Waals surface area (Å²) < 4.78 is 43.1. The Morgan fingerprint density at radius 3 is 2.15 bits per heavy atom. The van der Waals surface area contributed by atoms with Crippen LogP contribution < -0.4 is 0 Å². The van der Waals surface area contributed by atoms with E-state index >= 15 is 0 Å². The standard InChI is InChI=1S/C20H19F3O4/c21-20(22,23)14-5-1-13(2-6-14)19(26)27-16-8-3-12(4-9-16)17-10-7-15(24)11-18(17)25/h1-2,5-7,10-12,16,24-25H,3-4,8-9H2/t12-,16-. The van der Waals surface area contributed by atoms with Crippen molar-refractivity contribution in [1.82, 2.24) is 0 Å². The molecule has 144 valence electrons. The highest BCUT2D eigenvalue weighted by Crippen LogP contribution is 2.39. The summed E-state index contributed by atoms with van der Waals surface area (Å²) >= 11 is 0. The van der Waals surface area contributed by atoms with Crippen molar-refractivity contribution in [1.29, 1.82) is 0 Å². The van der Waals surface area contributed by atoms with E-state index in [0.717, 1.165) is 29.8 Å². The lowest BCUT2D eigenvalue weighted by molar-refractivity contribution is -0.137. The third kappa shape index (κ3) is 4.53. The fourth-order valence-electron chi connectivity index (χ4n) is 3.38. The minimum absolute atomic E-state index is 0.00425. The zero-order valence-electron chi connectivity index (χ0n) is 14.4. The molecule has 0 atom stereocenters. The molecule has 0 spiro atoms. The van der Waals surface area contributed by atoms with Crippen molar-refractivity contribution in [3.8, 4) is 11.5 Å². The second kappa shape index (κ2) is 7.50. The molecule has 0 bridgehead atoms. The smallest absolute Gasteiger partial charge is 0.416 e. The highest BCUT2D eigenvalue weighted by Gasteiger charge is 2.31. The fraction of sp³-hybridized carbons (Fsp3) is 0.350. The Morgan fingerprint density at radius 1 is 0.963 bits per heavy atom. The molecule has 1 fully saturated rings. The maximum absolute atomic E-state index is 12.6. The Balaban J connectivity index is 1.56. The molecule has 0 aromatic heterocycles. The van der Waals surface area contributed by atoms with Crippen molar-refractivity contribution in [3.63, 3.8) is 0 Å². The Bertz CT molecular complexity index is 807. The molecular weight excluding hydrogens is 361 g/mol. The molecule has 4 nitrogen and oxygen atoms in total. The topological polar surface area (TPSA) is 66.8 Å². The second-order valence-electron chi connectivity index (χ2n) is 6.70. The van der Waals surface area contributed by atoms with E-state index < -0.39 is 17.7 Å². The molecule has 2 aromatic rings. The lowest BCUT2D eigenvalue weighted by atomic mass is 9.82. The van der Waals surface area contributed by atoms with Gasteiger partial charge in [-0.05, 0) is 67.5 Å². The van der Waals surface area contributed by atoms with Gasteiger partial charge < -0.3 is 14.9 Å². The molecule has 2 N–H and O–H groups in total. The lowest BCUT2D eigenvalue weighted by Crippen LogP contribution is -2.24. The summed E-state index contributed by atoms with van der Waals surface area (Å²) in [6.45, 7) is 0. The molecule has 0 heterocycles. The predicted molar refractivity (Wildman–Crippen MR) is 91.6 cm³/mol. The van der Waals surface area contributed by atoms with Crippen LogP contribution in [0.5, 0.6) is 11.5 Å². The SMILES string of the molecule is O=C(O[C@H]1CC[C@H](c2ccc(O)cc2O)CC1)c1ccc(C(F)(F)F)cc1. The zero-order valence-corrected chi connectivity index (χ0v) is 14.4. The maximum atomic E-state index is 12.6. The first-order valence-electron chi connectivity index (χ1n) is 8.64. The Hall–Kier alpha value is -2.70. The van der Waals surface area contributed by atoms with Crippen molar-refractivity contribution in [2.75, 3.05) is 0 Å². The molecule has 2 aromatic carbocycles. The van der Waals surface area contributed by atoms with Gasteiger partial charge >= 0.3 is 12.1 Å². The summed E-state index contributed by atoms with van der Waals surface area (Å²) in [7, 11) is 0. The molecule has 0 amide bonds. The van der Waals surface area contributed by atoms with Crippen molar-refractivity contribution in [3.05, 3.63) is 59.2 Å². The molecule has 0 aliphatic heterocycles. The van der Waals surface area contributed by atoms with Gasteiger partial charge in [-0.15, -0.1) is 0 Å². The fourth-order valence-corrected chi connectivity index (χ4v) is 3.38. The number of alkyl halides is 3. The van der Waals surface area contributed by atoms with Gasteiger partial charge in [-0.2, -0.15) is 13.2 Å². The summed E-state index contributed by atoms with van der Waals surface area (Å²) in [6.07, 6.45) is -2.17. The molecule has 0 unspecified atom stereocenters. The van der Waals surface area contributed by atoms with E-state index in [4.69, 9.17) is 4.74 Å². The van der Waals surface area contributed by atoms with Crippen LogP contribution >= 0.6 is 0 Å². The van der Waals surface area contributed by atoms with Crippen LogP contribution in [0.1, 0.15) is 53.1 Å². The van der Waals surface area contributed by atoms with Gasteiger partial charge in [0.25, 0.3) is 0 Å². The molecular formula is C20H19F3O4. The largest absolute Gasteiger partial charge is 0.508 e. The van der Waals surface area contributed by atoms with Crippen LogP contribution in [0.2, 0.25) is 0 Å². The summed E-state index contributed by atoms with van der Waals surface area (Å²) in [5.74, 6) is -0.498. The number of phenolic OH excluding ortho intramolecular Hbond substituents is 2. The van der Waals surface area contributed by atoms with E-state index in [1.54, 1.807) is 6.07 Å². The first-order chi connectivity index (χ1) is 12.7. The summed E-state index contributed by atoms with van der Waals surface area (Å²) in [4.78, 5) is 12.1. The number of carbonyl (C=O) groups excluding carboxylic acids is 1. The minimum Gasteiger partial charge on any atom is -0.508 e. The lowest BCUT2D eigenvalue weighted by Gasteiger charge is -2.29. The van der Waals surface area contributed by atoms with Crippen molar-refractivity contribution in [2.45, 2.75) is 43.9 Å². The molecule has 1 aliphatic carbocycles. The van der Waals surface area contributed by atoms with E-state index in [1.165, 1.54) is 12.1 Å². The van der Waals surface area contributed by atoms with E-state index in [-0.39, 0.29) is 29.1 Å². The highest BCUT2D eigenvalue weighted by molar-refractivity contribution is 5.89. The number of aromatic hydroxyl groups is 2. The number of esters is 1. The Kier molecular flexibility index (Phi) is 5.30. The molecule has 1 aliphatic rings. The Labute approximate surface area is 154 Å². The monoisotopic (exact) mass is 380 g/mol. The molecule has 0 radical (unpaired) electrons. The van der Waals surface area contributed by atoms with Crippen molar-refractivity contribution < 1.29 is 32.9 Å². The maximum Gasteiger partial charge on any atom is 0.416 e. The van der Waals surface area contributed by atoms with Gasteiger partial charge in [-0.3, -0.25) is 0 Å². The minimum atomic E-state index is -4.44. The number of rotatable bonds is 3. The first kappa shape index (κ1) is 19.1. The number of phenols is 2. The van der Waals surface area contributed by atoms with E-state index in [2.05, 4.69) is 0 Å². The number of hydrogen-bond donors (Lipinski definition) is 2. The van der Waals surface area contributed by atoms with Crippen LogP contribution in [-0.2, 0) is 10.9 Å². The third-order valence-electron chi connectivity index (χ3n) is 4.85. The van der Waals surface area contributed by atoms with Crippen LogP contribution in [0.4, 0.5) is 13.2 Å². The third-order valence-corrected chi connectivity index (χ3v) is 4.85. The number of benzene rings is 2. The average molecular weight is 380 g/mol. The van der Waals surface area contributed by atoms with Crippen LogP contribution in [0.25, 0.3) is 0 Å². The highest BCUT2D eigenvalue weighted by atomic mass is 19.4. The molecule has 0 saturated heterocycles. The van der Waals surface area contributed by atoms with Crippen LogP contribution in [0.3, 0.4) is 0 Å². The predicted octanol–water partition coefficient (Wildman–Crippen LogP) is 5.00. The normalized spacial score (nSPS) is 20.3. The van der Waals surface area contributed by atoms with Crippen LogP contribution in [0.15, 0.2) is 42.5 Å². The van der Waals surface area contributed by atoms with Gasteiger partial charge in [-0.25, -0.2) is 4.79 Å². The number of halogens is 3. The Morgan fingerprint density at radius 2 is 1.59 bits per heavy atom. The number of carbonyl (C=O) groups is 1. The van der Waals surface area contributed by atoms with Crippen molar-refractivity contribution in [2.24, 2.45) is 0 Å². The summed E-state index contributed by atoms with van der Waals surface area (Å²) in [5.41, 5.74) is 0.0230. The molecule has 1 saturated carbocycles. The van der Waals surface area contributed by atoms with Gasteiger partial charge in [0.15, 0.2) is 0 Å². The molecule has 7 heteroatoms. The van der Waals surface area contributed by atoms with Crippen molar-refractivity contribution >= 4 is 5.97 Å². The van der Waals surface area contributed by atoms with Crippen LogP contribution in [0, 0.1) is 0 Å². The van der Waals surface area contributed by atoms with Crippen LogP contribution in [-0.4, -0.2) is 22.3 Å². The van der Waals surface area contributed by atoms with Gasteiger partial charge in [0.1, 0.15) is 17.6 Å².